The van der Waals surface area contributed by atoms with Gasteiger partial charge in [0.15, 0.2) is 0 Å². The Labute approximate surface area is 169 Å². The van der Waals surface area contributed by atoms with Crippen molar-refractivity contribution in [3.8, 4) is 17.0 Å². The summed E-state index contributed by atoms with van der Waals surface area (Å²) < 4.78 is 19.8. The summed E-state index contributed by atoms with van der Waals surface area (Å²) in [6.45, 7) is 3.15. The summed E-state index contributed by atoms with van der Waals surface area (Å²) in [5.74, 6) is 0.975. The van der Waals surface area contributed by atoms with E-state index < -0.39 is 5.54 Å². The molecule has 1 N–H and O–H groups in total. The molecule has 28 heavy (non-hydrogen) atoms. The van der Waals surface area contributed by atoms with E-state index in [1.807, 2.05) is 14.0 Å². The number of amides is 1. The molecule has 150 valence electrons. The van der Waals surface area contributed by atoms with Gasteiger partial charge in [-0.3, -0.25) is 10.1 Å². The molecular formula is C20H24ClFN4O2. The largest absolute Gasteiger partial charge is 0.494 e. The number of ether oxygens (including phenoxy) is 1. The Morgan fingerprint density at radius 3 is 2.89 bits per heavy atom. The Balaban J connectivity index is 0.00000225. The first-order valence-electron chi connectivity index (χ1n) is 9.31. The second-order valence-corrected chi connectivity index (χ2v) is 7.17. The van der Waals surface area contributed by atoms with E-state index in [4.69, 9.17) is 4.74 Å². The first-order valence-corrected chi connectivity index (χ1v) is 9.31. The molecule has 1 amide bonds. The van der Waals surface area contributed by atoms with Gasteiger partial charge in [0.05, 0.1) is 18.3 Å². The average molecular weight is 407 g/mol. The lowest BCUT2D eigenvalue weighted by Crippen LogP contribution is -2.47. The number of hydrogen-bond donors (Lipinski definition) is 1. The maximum absolute atomic E-state index is 14.4. The van der Waals surface area contributed by atoms with Gasteiger partial charge in [0.25, 0.3) is 0 Å². The highest BCUT2D eigenvalue weighted by Gasteiger charge is 2.50. The quantitative estimate of drug-likeness (QED) is 0.844. The van der Waals surface area contributed by atoms with Crippen LogP contribution in [0.25, 0.3) is 11.3 Å². The van der Waals surface area contributed by atoms with Gasteiger partial charge in [-0.15, -0.1) is 12.4 Å². The maximum Gasteiger partial charge on any atom is 0.242 e. The fourth-order valence-electron chi connectivity index (χ4n) is 4.01. The molecule has 1 aromatic heterocycles. The van der Waals surface area contributed by atoms with Crippen molar-refractivity contribution in [1.82, 2.24) is 20.2 Å². The molecule has 1 spiro atoms. The fourth-order valence-corrected chi connectivity index (χ4v) is 4.01. The molecule has 0 radical (unpaired) electrons. The smallest absolute Gasteiger partial charge is 0.242 e. The van der Waals surface area contributed by atoms with E-state index in [1.165, 1.54) is 6.07 Å². The zero-order chi connectivity index (χ0) is 19.0. The normalized spacial score (nSPS) is 23.9. The predicted octanol–water partition coefficient (Wildman–Crippen LogP) is 3.13. The van der Waals surface area contributed by atoms with E-state index >= 15 is 0 Å². The van der Waals surface area contributed by atoms with Crippen LogP contribution in [-0.4, -0.2) is 46.5 Å². The third-order valence-corrected chi connectivity index (χ3v) is 5.45. The first-order chi connectivity index (χ1) is 13.0. The molecule has 1 aromatic carbocycles. The Morgan fingerprint density at radius 2 is 2.18 bits per heavy atom. The number of likely N-dealkylation sites (tertiary alicyclic amines) is 1. The molecule has 2 atom stereocenters. The number of aromatic nitrogens is 2. The highest BCUT2D eigenvalue weighted by Crippen LogP contribution is 2.38. The van der Waals surface area contributed by atoms with Crippen molar-refractivity contribution in [2.45, 2.75) is 37.8 Å². The number of likely N-dealkylation sites (N-methyl/N-ethyl adjacent to an activating group) is 1. The minimum atomic E-state index is -0.501. The molecule has 2 aliphatic heterocycles. The van der Waals surface area contributed by atoms with Crippen LogP contribution in [0.4, 0.5) is 4.39 Å². The van der Waals surface area contributed by atoms with Crippen LogP contribution in [0.2, 0.25) is 0 Å². The maximum atomic E-state index is 14.4. The van der Waals surface area contributed by atoms with Crippen molar-refractivity contribution < 1.29 is 13.9 Å². The van der Waals surface area contributed by atoms with E-state index in [0.717, 1.165) is 25.8 Å². The van der Waals surface area contributed by atoms with E-state index in [-0.39, 0.29) is 30.2 Å². The molecular weight excluding hydrogens is 383 g/mol. The van der Waals surface area contributed by atoms with Crippen LogP contribution in [0.15, 0.2) is 30.5 Å². The van der Waals surface area contributed by atoms with Crippen LogP contribution in [0.1, 0.15) is 38.1 Å². The molecule has 4 rings (SSSR count). The molecule has 0 saturated carbocycles. The van der Waals surface area contributed by atoms with Gasteiger partial charge in [-0.1, -0.05) is 0 Å². The Morgan fingerprint density at radius 1 is 1.36 bits per heavy atom. The molecule has 3 heterocycles. The van der Waals surface area contributed by atoms with Gasteiger partial charge in [0, 0.05) is 25.4 Å². The summed E-state index contributed by atoms with van der Waals surface area (Å²) >= 11 is 0. The molecule has 2 aromatic rings. The van der Waals surface area contributed by atoms with Crippen LogP contribution in [-0.2, 0) is 4.79 Å². The first kappa shape index (κ1) is 20.5. The summed E-state index contributed by atoms with van der Waals surface area (Å²) in [5.41, 5.74) is 0.393. The number of nitrogens with zero attached hydrogens (tertiary/aromatic N) is 3. The summed E-state index contributed by atoms with van der Waals surface area (Å²) in [4.78, 5) is 23.2. The van der Waals surface area contributed by atoms with Crippen LogP contribution in [0, 0.1) is 5.82 Å². The molecule has 2 saturated heterocycles. The summed E-state index contributed by atoms with van der Waals surface area (Å²) in [6.07, 6.45) is 3.98. The average Bonchev–Trinajstić information content (AvgIpc) is 3.24. The van der Waals surface area contributed by atoms with E-state index in [2.05, 4.69) is 15.3 Å². The third-order valence-electron chi connectivity index (χ3n) is 5.45. The summed E-state index contributed by atoms with van der Waals surface area (Å²) in [6, 6.07) is 6.23. The predicted molar refractivity (Wildman–Crippen MR) is 106 cm³/mol. The molecule has 0 aliphatic carbocycles. The van der Waals surface area contributed by atoms with E-state index in [0.29, 0.717) is 29.4 Å². The highest BCUT2D eigenvalue weighted by atomic mass is 35.5. The van der Waals surface area contributed by atoms with Gasteiger partial charge in [0.2, 0.25) is 5.91 Å². The molecule has 0 bridgehead atoms. The highest BCUT2D eigenvalue weighted by molar-refractivity contribution is 5.88. The third kappa shape index (κ3) is 3.56. The molecule has 6 nitrogen and oxygen atoms in total. The summed E-state index contributed by atoms with van der Waals surface area (Å²) in [5, 5.41) is 3.45. The fraction of sp³-hybridized carbons (Fsp3) is 0.450. The SMILES string of the molecule is CCOc1ccc(F)c(-c2ccnc([C@@H]3CC[C@]4(CCN(C)C4=O)N3)n2)c1.Cl. The number of rotatable bonds is 4. The zero-order valence-corrected chi connectivity index (χ0v) is 16.8. The monoisotopic (exact) mass is 406 g/mol. The lowest BCUT2D eigenvalue weighted by atomic mass is 9.96. The lowest BCUT2D eigenvalue weighted by Gasteiger charge is -2.23. The number of benzene rings is 1. The van der Waals surface area contributed by atoms with Crippen LogP contribution in [0.5, 0.6) is 5.75 Å². The Kier molecular flexibility index (Phi) is 5.86. The number of carbonyl (C=O) groups excluding carboxylic acids is 1. The molecule has 2 fully saturated rings. The Hall–Kier alpha value is -2.25. The minimum Gasteiger partial charge on any atom is -0.494 e. The number of hydrogen-bond acceptors (Lipinski definition) is 5. The van der Waals surface area contributed by atoms with Gasteiger partial charge in [-0.2, -0.15) is 0 Å². The van der Waals surface area contributed by atoms with Gasteiger partial charge >= 0.3 is 0 Å². The zero-order valence-electron chi connectivity index (χ0n) is 15.9. The van der Waals surface area contributed by atoms with Gasteiger partial charge in [-0.05, 0) is 50.5 Å². The second kappa shape index (κ2) is 8.01. The minimum absolute atomic E-state index is 0. The van der Waals surface area contributed by atoms with Crippen molar-refractivity contribution in [3.63, 3.8) is 0 Å². The standard InChI is InChI=1S/C20H23FN4O2.ClH/c1-3-27-13-4-5-15(21)14(12-13)16-7-10-22-18(23-16)17-6-8-20(24-17)9-11-25(2)19(20)26;/h4-5,7,10,12,17,24H,3,6,8-9,11H2,1-2H3;1H/t17-,20+;/m0./s1. The van der Waals surface area contributed by atoms with E-state index in [9.17, 15) is 9.18 Å². The molecule has 2 aliphatic rings. The van der Waals surface area contributed by atoms with Crippen LogP contribution >= 0.6 is 12.4 Å². The van der Waals surface area contributed by atoms with Crippen molar-refractivity contribution in [1.29, 1.82) is 0 Å². The Bertz CT molecular complexity index is 881. The summed E-state index contributed by atoms with van der Waals surface area (Å²) in [7, 11) is 1.83. The van der Waals surface area contributed by atoms with E-state index in [1.54, 1.807) is 29.3 Å². The lowest BCUT2D eigenvalue weighted by molar-refractivity contribution is -0.131. The molecule has 8 heteroatoms. The van der Waals surface area contributed by atoms with Crippen molar-refractivity contribution in [2.75, 3.05) is 20.2 Å². The number of nitrogens with one attached hydrogen (secondary N) is 1. The topological polar surface area (TPSA) is 67.3 Å². The number of halogens is 2. The van der Waals surface area contributed by atoms with Crippen LogP contribution in [0.3, 0.4) is 0 Å². The second-order valence-electron chi connectivity index (χ2n) is 7.17. The number of carbonyl (C=O) groups is 1. The van der Waals surface area contributed by atoms with Crippen molar-refractivity contribution >= 4 is 18.3 Å². The van der Waals surface area contributed by atoms with Gasteiger partial charge < -0.3 is 9.64 Å². The van der Waals surface area contributed by atoms with Gasteiger partial charge in [-0.25, -0.2) is 14.4 Å². The van der Waals surface area contributed by atoms with Crippen molar-refractivity contribution in [3.05, 3.63) is 42.1 Å². The van der Waals surface area contributed by atoms with Gasteiger partial charge in [0.1, 0.15) is 22.9 Å². The molecule has 0 unspecified atom stereocenters. The van der Waals surface area contributed by atoms with Crippen LogP contribution < -0.4 is 10.1 Å². The van der Waals surface area contributed by atoms with Crippen molar-refractivity contribution in [2.24, 2.45) is 0 Å².